The molecule has 0 bridgehead atoms. The summed E-state index contributed by atoms with van der Waals surface area (Å²) in [6, 6.07) is 26.6. The minimum absolute atomic E-state index is 0. The van der Waals surface area contributed by atoms with Crippen LogP contribution in [0.4, 0.5) is 17.1 Å². The van der Waals surface area contributed by atoms with Gasteiger partial charge in [0.25, 0.3) is 10.1 Å². The van der Waals surface area contributed by atoms with Gasteiger partial charge < -0.3 is 14.4 Å². The van der Waals surface area contributed by atoms with Gasteiger partial charge in [-0.3, -0.25) is 4.55 Å². The molecular weight excluding hydrogens is 670 g/mol. The number of allylic oxidation sites excluding steroid dienone is 5. The van der Waals surface area contributed by atoms with Gasteiger partial charge in [0, 0.05) is 34.9 Å². The van der Waals surface area contributed by atoms with Gasteiger partial charge >= 0.3 is 29.6 Å². The number of hydrogen-bond acceptors (Lipinski definition) is 7. The first kappa shape index (κ1) is 36.2. The fourth-order valence-corrected chi connectivity index (χ4v) is 7.24. The first-order chi connectivity index (χ1) is 22.7. The molecule has 1 heterocycles. The van der Waals surface area contributed by atoms with E-state index in [1.807, 2.05) is 80.9 Å². The molecule has 0 radical (unpaired) electrons. The molecule has 0 amide bonds. The van der Waals surface area contributed by atoms with E-state index in [4.69, 9.17) is 0 Å². The summed E-state index contributed by atoms with van der Waals surface area (Å²) in [5, 5.41) is 3.91. The summed E-state index contributed by atoms with van der Waals surface area (Å²) >= 11 is 0. The molecule has 12 heteroatoms. The zero-order chi connectivity index (χ0) is 34.4. The minimum atomic E-state index is -4.99. The van der Waals surface area contributed by atoms with Crippen molar-refractivity contribution in [2.24, 2.45) is 12.0 Å². The third-order valence-electron chi connectivity index (χ3n) is 8.49. The third-order valence-corrected chi connectivity index (χ3v) is 10.2. The van der Waals surface area contributed by atoms with Crippen LogP contribution < -0.4 is 34.9 Å². The van der Waals surface area contributed by atoms with Crippen molar-refractivity contribution >= 4 is 59.5 Å². The maximum absolute atomic E-state index is 12.8. The molecule has 0 saturated carbocycles. The predicted molar refractivity (Wildman–Crippen MR) is 190 cm³/mol. The van der Waals surface area contributed by atoms with Crippen molar-refractivity contribution in [1.29, 1.82) is 0 Å². The molecule has 9 nitrogen and oxygen atoms in total. The SMILES string of the molecule is Cc1ccccc1N=C1C=C/C(=C(\c2ccc(Nc3ccccc3C)c(S(=O)(=O)[O-])c2)c2c(C)n(C)c3ccccc23)C=C1S(=O)(=O)O.[Na+]. The molecule has 49 heavy (non-hydrogen) atoms. The van der Waals surface area contributed by atoms with Crippen molar-refractivity contribution in [3.05, 3.63) is 148 Å². The second-order valence-electron chi connectivity index (χ2n) is 11.6. The molecule has 4 aromatic carbocycles. The summed E-state index contributed by atoms with van der Waals surface area (Å²) in [6.45, 7) is 5.61. The van der Waals surface area contributed by atoms with Crippen molar-refractivity contribution in [1.82, 2.24) is 4.57 Å². The van der Waals surface area contributed by atoms with E-state index in [9.17, 15) is 25.9 Å². The fourth-order valence-electron chi connectivity index (χ4n) is 5.93. The van der Waals surface area contributed by atoms with Crippen LogP contribution in [0.15, 0.2) is 130 Å². The van der Waals surface area contributed by atoms with E-state index in [0.29, 0.717) is 33.6 Å². The number of nitrogens with one attached hydrogen (secondary N) is 1. The van der Waals surface area contributed by atoms with Crippen molar-refractivity contribution in [2.45, 2.75) is 25.7 Å². The molecule has 6 rings (SSSR count). The molecule has 1 aromatic heterocycles. The summed E-state index contributed by atoms with van der Waals surface area (Å²) in [4.78, 5) is 3.65. The van der Waals surface area contributed by atoms with Gasteiger partial charge in [0.1, 0.15) is 15.0 Å². The Balaban J connectivity index is 0.00000468. The number of hydrogen-bond donors (Lipinski definition) is 2. The summed E-state index contributed by atoms with van der Waals surface area (Å²) in [6.07, 6.45) is 4.51. The van der Waals surface area contributed by atoms with E-state index in [1.54, 1.807) is 36.4 Å². The molecule has 244 valence electrons. The van der Waals surface area contributed by atoms with Gasteiger partial charge in [-0.2, -0.15) is 8.42 Å². The Morgan fingerprint density at radius 2 is 1.47 bits per heavy atom. The van der Waals surface area contributed by atoms with Crippen LogP contribution in [0.5, 0.6) is 0 Å². The zero-order valence-electron chi connectivity index (χ0n) is 27.6. The molecule has 0 spiro atoms. The number of para-hydroxylation sites is 3. The molecular formula is C37H32N3NaO6S2. The van der Waals surface area contributed by atoms with Crippen LogP contribution in [-0.2, 0) is 27.3 Å². The molecule has 0 unspecified atom stereocenters. The first-order valence-electron chi connectivity index (χ1n) is 15.0. The number of anilines is 2. The Morgan fingerprint density at radius 3 is 2.14 bits per heavy atom. The first-order valence-corrected chi connectivity index (χ1v) is 17.8. The van der Waals surface area contributed by atoms with Crippen molar-refractivity contribution in [3.8, 4) is 0 Å². The van der Waals surface area contributed by atoms with E-state index in [0.717, 1.165) is 27.7 Å². The van der Waals surface area contributed by atoms with Crippen molar-refractivity contribution < 1.29 is 55.5 Å². The molecule has 2 N–H and O–H groups in total. The van der Waals surface area contributed by atoms with E-state index in [1.165, 1.54) is 24.3 Å². The molecule has 0 atom stereocenters. The van der Waals surface area contributed by atoms with Gasteiger partial charge in [-0.1, -0.05) is 66.7 Å². The van der Waals surface area contributed by atoms with Crippen LogP contribution >= 0.6 is 0 Å². The number of aromatic nitrogens is 1. The maximum Gasteiger partial charge on any atom is 1.00 e. The average Bonchev–Trinajstić information content (AvgIpc) is 3.29. The Bertz CT molecular complexity index is 2480. The fraction of sp³-hybridized carbons (Fsp3) is 0.108. The van der Waals surface area contributed by atoms with Crippen molar-refractivity contribution in [3.63, 3.8) is 0 Å². The van der Waals surface area contributed by atoms with Gasteiger partial charge in [-0.15, -0.1) is 0 Å². The van der Waals surface area contributed by atoms with E-state index in [-0.39, 0.29) is 41.0 Å². The van der Waals surface area contributed by atoms with E-state index in [2.05, 4.69) is 10.3 Å². The largest absolute Gasteiger partial charge is 1.00 e. The summed E-state index contributed by atoms with van der Waals surface area (Å²) in [5.41, 5.74) is 6.53. The van der Waals surface area contributed by atoms with Crippen LogP contribution in [0.3, 0.4) is 0 Å². The van der Waals surface area contributed by atoms with Crippen LogP contribution in [0, 0.1) is 20.8 Å². The topological polar surface area (TPSA) is 141 Å². The summed E-state index contributed by atoms with van der Waals surface area (Å²) in [5.74, 6) is 0. The number of fused-ring (bicyclic) bond motifs is 1. The summed E-state index contributed by atoms with van der Waals surface area (Å²) in [7, 11) is -7.87. The quantitative estimate of drug-likeness (QED) is 0.186. The van der Waals surface area contributed by atoms with Crippen LogP contribution in [0.25, 0.3) is 16.5 Å². The predicted octanol–water partition coefficient (Wildman–Crippen LogP) is 4.67. The second kappa shape index (κ2) is 14.0. The van der Waals surface area contributed by atoms with Gasteiger partial charge in [-0.25, -0.2) is 13.4 Å². The molecule has 1 aliphatic carbocycles. The minimum Gasteiger partial charge on any atom is -0.744 e. The van der Waals surface area contributed by atoms with Gasteiger partial charge in [-0.05, 0) is 91.1 Å². The Kier molecular flexibility index (Phi) is 10.4. The smallest absolute Gasteiger partial charge is 0.744 e. The maximum atomic E-state index is 12.8. The number of aliphatic imine (C=N–C) groups is 1. The monoisotopic (exact) mass is 701 g/mol. The molecule has 0 aliphatic heterocycles. The number of benzene rings is 4. The second-order valence-corrected chi connectivity index (χ2v) is 14.3. The average molecular weight is 702 g/mol. The standard InChI is InChI=1S/C37H33N3O6S2.Na/c1-23-11-5-8-14-29(23)38-31-19-17-26(21-34(31)47(41,42)43)37(36-25(3)40(4)33-16-10-7-13-28(33)36)27-18-20-32(35(22-27)48(44,45)46)39-30-15-9-6-12-24(30)2;/h5-22,38H,1-4H3,(H,41,42,43)(H,44,45,46);/q;+1/p-1/b37-27-,39-32?;. The van der Waals surface area contributed by atoms with Crippen LogP contribution in [0.2, 0.25) is 0 Å². The van der Waals surface area contributed by atoms with E-state index < -0.39 is 30.0 Å². The summed E-state index contributed by atoms with van der Waals surface area (Å²) < 4.78 is 76.4. The Labute approximate surface area is 308 Å². The molecule has 0 fully saturated rings. The van der Waals surface area contributed by atoms with E-state index >= 15 is 0 Å². The zero-order valence-corrected chi connectivity index (χ0v) is 31.2. The normalized spacial score (nSPS) is 15.2. The Morgan fingerprint density at radius 1 is 0.816 bits per heavy atom. The number of nitrogens with zero attached hydrogens (tertiary/aromatic N) is 2. The van der Waals surface area contributed by atoms with Gasteiger partial charge in [0.2, 0.25) is 0 Å². The van der Waals surface area contributed by atoms with Gasteiger partial charge in [0.05, 0.1) is 22.0 Å². The molecule has 1 aliphatic rings. The molecule has 5 aromatic rings. The van der Waals surface area contributed by atoms with Crippen LogP contribution in [-0.4, -0.2) is 36.2 Å². The Hall–Kier alpha value is -4.07. The van der Waals surface area contributed by atoms with Crippen LogP contribution in [0.1, 0.15) is 27.9 Å². The number of rotatable bonds is 7. The van der Waals surface area contributed by atoms with Crippen molar-refractivity contribution in [2.75, 3.05) is 5.32 Å². The van der Waals surface area contributed by atoms with Gasteiger partial charge in [0.15, 0.2) is 0 Å². The third kappa shape index (κ3) is 7.29. The molecule has 0 saturated heterocycles. The number of aryl methyl sites for hydroxylation is 3.